The van der Waals surface area contributed by atoms with Crippen molar-refractivity contribution in [2.75, 3.05) is 6.26 Å². The monoisotopic (exact) mass is 251 g/mol. The molecular weight excluding hydrogens is 238 g/mol. The first-order valence-electron chi connectivity index (χ1n) is 5.09. The summed E-state index contributed by atoms with van der Waals surface area (Å²) in [7, 11) is -3.18. The quantitative estimate of drug-likeness (QED) is 0.879. The van der Waals surface area contributed by atoms with Crippen LogP contribution in [-0.4, -0.2) is 24.5 Å². The van der Waals surface area contributed by atoms with Gasteiger partial charge in [-0.05, 0) is 18.2 Å². The summed E-state index contributed by atoms with van der Waals surface area (Å²) in [5, 5.41) is 4.27. The fraction of sp³-hybridized carbons (Fsp3) is 0.182. The third-order valence-electron chi connectivity index (χ3n) is 2.18. The summed E-state index contributed by atoms with van der Waals surface area (Å²) in [5.74, 6) is 0. The van der Waals surface area contributed by atoms with Gasteiger partial charge in [0, 0.05) is 6.20 Å². The molecule has 1 aromatic heterocycles. The van der Waals surface area contributed by atoms with Crippen LogP contribution in [0.4, 0.5) is 0 Å². The molecule has 0 saturated heterocycles. The van der Waals surface area contributed by atoms with Crippen molar-refractivity contribution in [1.29, 1.82) is 0 Å². The first-order chi connectivity index (χ1) is 8.04. The average Bonchev–Trinajstić information content (AvgIpc) is 2.75. The third-order valence-corrected chi connectivity index (χ3v) is 2.85. The minimum absolute atomic E-state index is 0.207. The molecule has 0 unspecified atom stereocenters. The van der Waals surface area contributed by atoms with Crippen LogP contribution in [-0.2, 0) is 16.6 Å². The van der Waals surface area contributed by atoms with Crippen LogP contribution < -0.4 is 4.72 Å². The number of aromatic nitrogens is 2. The number of nitrogens with one attached hydrogen (secondary N) is 1. The summed E-state index contributed by atoms with van der Waals surface area (Å²) in [6, 6.07) is 11.4. The second-order valence-corrected chi connectivity index (χ2v) is 5.51. The van der Waals surface area contributed by atoms with Crippen molar-refractivity contribution in [3.63, 3.8) is 0 Å². The molecule has 0 saturated carbocycles. The maximum atomic E-state index is 10.9. The van der Waals surface area contributed by atoms with Crippen LogP contribution in [0.5, 0.6) is 0 Å². The number of sulfonamides is 1. The Morgan fingerprint density at radius 1 is 1.24 bits per heavy atom. The van der Waals surface area contributed by atoms with Gasteiger partial charge in [0.15, 0.2) is 0 Å². The average molecular weight is 251 g/mol. The molecule has 5 nitrogen and oxygen atoms in total. The van der Waals surface area contributed by atoms with E-state index in [1.165, 1.54) is 0 Å². The molecule has 0 bridgehead atoms. The van der Waals surface area contributed by atoms with Crippen molar-refractivity contribution in [3.8, 4) is 5.69 Å². The Morgan fingerprint density at radius 2 is 1.94 bits per heavy atom. The smallest absolute Gasteiger partial charge is 0.209 e. The lowest BCUT2D eigenvalue weighted by Gasteiger charge is -2.00. The molecule has 0 aliphatic rings. The molecule has 1 N–H and O–H groups in total. The van der Waals surface area contributed by atoms with Crippen LogP contribution in [0.2, 0.25) is 0 Å². The van der Waals surface area contributed by atoms with Crippen molar-refractivity contribution < 1.29 is 8.42 Å². The predicted octanol–water partition coefficient (Wildman–Crippen LogP) is 0.921. The number of para-hydroxylation sites is 1. The standard InChI is InChI=1S/C11H13N3O2S/c1-17(15,16)12-9-10-7-8-14(13-10)11-5-3-2-4-6-11/h2-8,12H,9H2,1H3. The van der Waals surface area contributed by atoms with Gasteiger partial charge >= 0.3 is 0 Å². The van der Waals surface area contributed by atoms with Crippen molar-refractivity contribution >= 4 is 10.0 Å². The fourth-order valence-corrected chi connectivity index (χ4v) is 1.80. The van der Waals surface area contributed by atoms with Crippen molar-refractivity contribution in [2.45, 2.75) is 6.54 Å². The van der Waals surface area contributed by atoms with E-state index in [4.69, 9.17) is 0 Å². The molecule has 0 aliphatic heterocycles. The van der Waals surface area contributed by atoms with Crippen LogP contribution >= 0.6 is 0 Å². The lowest BCUT2D eigenvalue weighted by Crippen LogP contribution is -2.21. The van der Waals surface area contributed by atoms with Crippen molar-refractivity contribution in [1.82, 2.24) is 14.5 Å². The number of rotatable bonds is 4. The number of nitrogens with zero attached hydrogens (tertiary/aromatic N) is 2. The highest BCUT2D eigenvalue weighted by molar-refractivity contribution is 7.88. The lowest BCUT2D eigenvalue weighted by atomic mass is 10.3. The zero-order valence-electron chi connectivity index (χ0n) is 9.37. The van der Waals surface area contributed by atoms with Crippen LogP contribution in [0, 0.1) is 0 Å². The Labute approximate surface area is 100 Å². The van der Waals surface area contributed by atoms with Crippen LogP contribution in [0.25, 0.3) is 5.69 Å². The van der Waals surface area contributed by atoms with Crippen molar-refractivity contribution in [2.24, 2.45) is 0 Å². The Bertz CT molecular complexity index is 590. The number of hydrogen-bond acceptors (Lipinski definition) is 3. The van der Waals surface area contributed by atoms with Crippen LogP contribution in [0.1, 0.15) is 5.69 Å². The van der Waals surface area contributed by atoms with Gasteiger partial charge in [-0.25, -0.2) is 17.8 Å². The van der Waals surface area contributed by atoms with E-state index in [-0.39, 0.29) is 6.54 Å². The van der Waals surface area contributed by atoms with E-state index in [1.54, 1.807) is 16.9 Å². The van der Waals surface area contributed by atoms with E-state index in [2.05, 4.69) is 9.82 Å². The van der Waals surface area contributed by atoms with Gasteiger partial charge in [-0.2, -0.15) is 5.10 Å². The van der Waals surface area contributed by atoms with E-state index in [9.17, 15) is 8.42 Å². The molecule has 17 heavy (non-hydrogen) atoms. The summed E-state index contributed by atoms with van der Waals surface area (Å²) >= 11 is 0. The predicted molar refractivity (Wildman–Crippen MR) is 65.2 cm³/mol. The normalized spacial score (nSPS) is 11.6. The Balaban J connectivity index is 2.12. The van der Waals surface area contributed by atoms with Gasteiger partial charge < -0.3 is 0 Å². The van der Waals surface area contributed by atoms with Gasteiger partial charge in [-0.15, -0.1) is 0 Å². The Kier molecular flexibility index (Phi) is 3.26. The van der Waals surface area contributed by atoms with Gasteiger partial charge in [0.05, 0.1) is 24.2 Å². The Morgan fingerprint density at radius 3 is 2.59 bits per heavy atom. The highest BCUT2D eigenvalue weighted by atomic mass is 32.2. The largest absolute Gasteiger partial charge is 0.241 e. The van der Waals surface area contributed by atoms with Gasteiger partial charge in [0.25, 0.3) is 0 Å². The molecule has 2 rings (SSSR count). The van der Waals surface area contributed by atoms with Crippen LogP contribution in [0.3, 0.4) is 0 Å². The topological polar surface area (TPSA) is 64.0 Å². The molecular formula is C11H13N3O2S. The van der Waals surface area contributed by atoms with E-state index in [0.29, 0.717) is 5.69 Å². The molecule has 0 amide bonds. The second kappa shape index (κ2) is 4.68. The number of benzene rings is 1. The first kappa shape index (κ1) is 11.8. The van der Waals surface area contributed by atoms with E-state index < -0.39 is 10.0 Å². The van der Waals surface area contributed by atoms with Gasteiger partial charge in [0.1, 0.15) is 0 Å². The summed E-state index contributed by atoms with van der Waals surface area (Å²) < 4.78 is 26.0. The maximum absolute atomic E-state index is 10.9. The maximum Gasteiger partial charge on any atom is 0.209 e. The zero-order valence-corrected chi connectivity index (χ0v) is 10.2. The SMILES string of the molecule is CS(=O)(=O)NCc1ccn(-c2ccccc2)n1. The van der Waals surface area contributed by atoms with Crippen molar-refractivity contribution in [3.05, 3.63) is 48.3 Å². The molecule has 1 aromatic carbocycles. The molecule has 0 fully saturated rings. The summed E-state index contributed by atoms with van der Waals surface area (Å²) in [6.45, 7) is 0.207. The first-order valence-corrected chi connectivity index (χ1v) is 6.98. The molecule has 0 aliphatic carbocycles. The molecule has 90 valence electrons. The van der Waals surface area contributed by atoms with E-state index in [0.717, 1.165) is 11.9 Å². The minimum Gasteiger partial charge on any atom is -0.241 e. The lowest BCUT2D eigenvalue weighted by molar-refractivity contribution is 0.586. The second-order valence-electron chi connectivity index (χ2n) is 3.68. The highest BCUT2D eigenvalue weighted by Gasteiger charge is 2.04. The highest BCUT2D eigenvalue weighted by Crippen LogP contribution is 2.06. The fourth-order valence-electron chi connectivity index (χ4n) is 1.39. The zero-order chi connectivity index (χ0) is 12.3. The molecule has 0 spiro atoms. The molecule has 2 aromatic rings. The van der Waals surface area contributed by atoms with Gasteiger partial charge in [-0.3, -0.25) is 0 Å². The summed E-state index contributed by atoms with van der Waals surface area (Å²) in [4.78, 5) is 0. The molecule has 0 radical (unpaired) electrons. The number of hydrogen-bond donors (Lipinski definition) is 1. The molecule has 6 heteroatoms. The Hall–Kier alpha value is -1.66. The minimum atomic E-state index is -3.18. The third kappa shape index (κ3) is 3.40. The van der Waals surface area contributed by atoms with Crippen LogP contribution in [0.15, 0.2) is 42.6 Å². The molecule has 1 heterocycles. The summed E-state index contributed by atoms with van der Waals surface area (Å²) in [6.07, 6.45) is 2.93. The van der Waals surface area contributed by atoms with E-state index >= 15 is 0 Å². The molecule has 0 atom stereocenters. The van der Waals surface area contributed by atoms with Gasteiger partial charge in [0.2, 0.25) is 10.0 Å². The van der Waals surface area contributed by atoms with Gasteiger partial charge in [-0.1, -0.05) is 18.2 Å². The summed E-state index contributed by atoms with van der Waals surface area (Å²) in [5.41, 5.74) is 1.62. The van der Waals surface area contributed by atoms with E-state index in [1.807, 2.05) is 30.3 Å².